The molecule has 2 N–H and O–H groups in total. The van der Waals surface area contributed by atoms with Gasteiger partial charge in [-0.25, -0.2) is 4.79 Å². The minimum Gasteiger partial charge on any atom is -0.465 e. The summed E-state index contributed by atoms with van der Waals surface area (Å²) >= 11 is 0. The lowest BCUT2D eigenvalue weighted by Crippen LogP contribution is -2.46. The van der Waals surface area contributed by atoms with Crippen LogP contribution >= 0.6 is 0 Å². The monoisotopic (exact) mass is 305 g/mol. The van der Waals surface area contributed by atoms with Crippen LogP contribution in [0.2, 0.25) is 0 Å². The largest absolute Gasteiger partial charge is 0.465 e. The molecule has 6 nitrogen and oxygen atoms in total. The van der Waals surface area contributed by atoms with E-state index in [0.717, 1.165) is 44.8 Å². The lowest BCUT2D eigenvalue weighted by molar-refractivity contribution is -0.118. The minimum absolute atomic E-state index is 0.238. The lowest BCUT2D eigenvalue weighted by Gasteiger charge is -2.36. The van der Waals surface area contributed by atoms with Crippen LogP contribution in [-0.2, 0) is 9.53 Å². The Morgan fingerprint density at radius 1 is 1.23 bits per heavy atom. The Labute approximate surface area is 130 Å². The number of primary amides is 1. The highest BCUT2D eigenvalue weighted by atomic mass is 16.5. The number of hydrogen-bond acceptors (Lipinski definition) is 5. The highest BCUT2D eigenvalue weighted by molar-refractivity contribution is 5.90. The third-order valence-corrected chi connectivity index (χ3v) is 3.90. The second-order valence-electron chi connectivity index (χ2n) is 5.44. The molecule has 120 valence electrons. The number of nitrogens with zero attached hydrogens (tertiary/aromatic N) is 2. The molecule has 0 spiro atoms. The molecule has 1 heterocycles. The number of rotatable bonds is 6. The first kappa shape index (κ1) is 16.3. The Kier molecular flexibility index (Phi) is 5.77. The van der Waals surface area contributed by atoms with Gasteiger partial charge in [0, 0.05) is 38.3 Å². The second kappa shape index (κ2) is 7.79. The van der Waals surface area contributed by atoms with Crippen molar-refractivity contribution in [3.8, 4) is 0 Å². The summed E-state index contributed by atoms with van der Waals surface area (Å²) < 4.78 is 4.76. The number of anilines is 1. The van der Waals surface area contributed by atoms with E-state index in [9.17, 15) is 9.59 Å². The Morgan fingerprint density at radius 2 is 1.95 bits per heavy atom. The smallest absolute Gasteiger partial charge is 0.337 e. The van der Waals surface area contributed by atoms with Crippen molar-refractivity contribution in [3.05, 3.63) is 29.8 Å². The molecule has 1 aliphatic rings. The van der Waals surface area contributed by atoms with Crippen molar-refractivity contribution < 1.29 is 14.3 Å². The predicted molar refractivity (Wildman–Crippen MR) is 84.9 cm³/mol. The summed E-state index contributed by atoms with van der Waals surface area (Å²) in [5.41, 5.74) is 6.77. The van der Waals surface area contributed by atoms with Crippen molar-refractivity contribution in [1.82, 2.24) is 4.90 Å². The van der Waals surface area contributed by atoms with Crippen molar-refractivity contribution in [3.63, 3.8) is 0 Å². The van der Waals surface area contributed by atoms with E-state index >= 15 is 0 Å². The summed E-state index contributed by atoms with van der Waals surface area (Å²) in [6, 6.07) is 7.51. The average Bonchev–Trinajstić information content (AvgIpc) is 2.54. The fourth-order valence-electron chi connectivity index (χ4n) is 2.65. The van der Waals surface area contributed by atoms with Crippen LogP contribution in [0, 0.1) is 0 Å². The molecular formula is C16H23N3O3. The van der Waals surface area contributed by atoms with Gasteiger partial charge >= 0.3 is 5.97 Å². The van der Waals surface area contributed by atoms with Gasteiger partial charge < -0.3 is 15.4 Å². The summed E-state index contributed by atoms with van der Waals surface area (Å²) in [5.74, 6) is -0.551. The van der Waals surface area contributed by atoms with Gasteiger partial charge in [-0.3, -0.25) is 9.69 Å². The molecule has 0 aromatic heterocycles. The number of amides is 1. The number of methoxy groups -OCH3 is 1. The van der Waals surface area contributed by atoms with Crippen LogP contribution in [0.4, 0.5) is 5.69 Å². The SMILES string of the molecule is COC(=O)c1cccc(N2CCN(CCCC(N)=O)CC2)c1. The number of hydrogen-bond donors (Lipinski definition) is 1. The normalized spacial score (nSPS) is 15.6. The van der Waals surface area contributed by atoms with Crippen LogP contribution in [-0.4, -0.2) is 56.6 Å². The summed E-state index contributed by atoms with van der Waals surface area (Å²) in [6.07, 6.45) is 1.26. The first-order chi connectivity index (χ1) is 10.6. The fraction of sp³-hybridized carbons (Fsp3) is 0.500. The molecule has 22 heavy (non-hydrogen) atoms. The average molecular weight is 305 g/mol. The van der Waals surface area contributed by atoms with Crippen LogP contribution in [0.25, 0.3) is 0 Å². The van der Waals surface area contributed by atoms with Gasteiger partial charge in [0.1, 0.15) is 0 Å². The topological polar surface area (TPSA) is 75.9 Å². The number of esters is 1. The van der Waals surface area contributed by atoms with Gasteiger partial charge in [-0.1, -0.05) is 6.07 Å². The van der Waals surface area contributed by atoms with E-state index in [2.05, 4.69) is 9.80 Å². The molecule has 1 aromatic rings. The predicted octanol–water partition coefficient (Wildman–Crippen LogP) is 0.861. The quantitative estimate of drug-likeness (QED) is 0.789. The van der Waals surface area contributed by atoms with Gasteiger partial charge in [-0.05, 0) is 31.2 Å². The molecular weight excluding hydrogens is 282 g/mol. The standard InChI is InChI=1S/C16H23N3O3/c1-22-16(21)13-4-2-5-14(12-13)19-10-8-18(9-11-19)7-3-6-15(17)20/h2,4-5,12H,3,6-11H2,1H3,(H2,17,20). The number of nitrogens with two attached hydrogens (primary N) is 1. The second-order valence-corrected chi connectivity index (χ2v) is 5.44. The van der Waals surface area contributed by atoms with Crippen LogP contribution in [0.5, 0.6) is 0 Å². The van der Waals surface area contributed by atoms with E-state index in [-0.39, 0.29) is 11.9 Å². The lowest BCUT2D eigenvalue weighted by atomic mass is 10.1. The molecule has 2 rings (SSSR count). The van der Waals surface area contributed by atoms with Gasteiger partial charge in [0.15, 0.2) is 0 Å². The maximum Gasteiger partial charge on any atom is 0.337 e. The maximum atomic E-state index is 11.6. The zero-order valence-corrected chi connectivity index (χ0v) is 13.0. The summed E-state index contributed by atoms with van der Waals surface area (Å²) in [5, 5.41) is 0. The molecule has 0 unspecified atom stereocenters. The zero-order valence-electron chi connectivity index (χ0n) is 13.0. The third-order valence-electron chi connectivity index (χ3n) is 3.90. The fourth-order valence-corrected chi connectivity index (χ4v) is 2.65. The molecule has 1 amide bonds. The molecule has 0 radical (unpaired) electrons. The van der Waals surface area contributed by atoms with Crippen molar-refractivity contribution in [1.29, 1.82) is 0 Å². The summed E-state index contributed by atoms with van der Waals surface area (Å²) in [6.45, 7) is 4.60. The Morgan fingerprint density at radius 3 is 2.59 bits per heavy atom. The maximum absolute atomic E-state index is 11.6. The molecule has 1 saturated heterocycles. The van der Waals surface area contributed by atoms with Gasteiger partial charge in [0.05, 0.1) is 12.7 Å². The minimum atomic E-state index is -0.313. The van der Waals surface area contributed by atoms with Gasteiger partial charge in [0.2, 0.25) is 5.91 Å². The highest BCUT2D eigenvalue weighted by Gasteiger charge is 2.18. The number of carbonyl (C=O) groups is 2. The Bertz CT molecular complexity index is 525. The molecule has 0 atom stereocenters. The molecule has 0 saturated carbocycles. The highest BCUT2D eigenvalue weighted by Crippen LogP contribution is 2.18. The van der Waals surface area contributed by atoms with Crippen molar-refractivity contribution in [2.24, 2.45) is 5.73 Å². The van der Waals surface area contributed by atoms with Crippen LogP contribution in [0.1, 0.15) is 23.2 Å². The molecule has 0 bridgehead atoms. The third kappa shape index (κ3) is 4.46. The van der Waals surface area contributed by atoms with Crippen LogP contribution < -0.4 is 10.6 Å². The van der Waals surface area contributed by atoms with E-state index in [4.69, 9.17) is 10.5 Å². The summed E-state index contributed by atoms with van der Waals surface area (Å²) in [7, 11) is 1.39. The molecule has 6 heteroatoms. The first-order valence-corrected chi connectivity index (χ1v) is 7.54. The molecule has 1 fully saturated rings. The molecule has 1 aromatic carbocycles. The number of piperazine rings is 1. The van der Waals surface area contributed by atoms with Crippen LogP contribution in [0.15, 0.2) is 24.3 Å². The van der Waals surface area contributed by atoms with Gasteiger partial charge in [-0.15, -0.1) is 0 Å². The molecule has 0 aliphatic carbocycles. The van der Waals surface area contributed by atoms with E-state index in [0.29, 0.717) is 12.0 Å². The zero-order chi connectivity index (χ0) is 15.9. The van der Waals surface area contributed by atoms with Crippen molar-refractivity contribution >= 4 is 17.6 Å². The summed E-state index contributed by atoms with van der Waals surface area (Å²) in [4.78, 5) is 26.9. The van der Waals surface area contributed by atoms with E-state index in [1.54, 1.807) is 6.07 Å². The number of ether oxygens (including phenoxy) is 1. The first-order valence-electron chi connectivity index (χ1n) is 7.54. The number of benzene rings is 1. The molecule has 1 aliphatic heterocycles. The van der Waals surface area contributed by atoms with Gasteiger partial charge in [0.25, 0.3) is 0 Å². The van der Waals surface area contributed by atoms with Crippen LogP contribution in [0.3, 0.4) is 0 Å². The van der Waals surface area contributed by atoms with E-state index < -0.39 is 0 Å². The Hall–Kier alpha value is -2.08. The number of carbonyl (C=O) groups excluding carboxylic acids is 2. The van der Waals surface area contributed by atoms with E-state index in [1.807, 2.05) is 18.2 Å². The van der Waals surface area contributed by atoms with Gasteiger partial charge in [-0.2, -0.15) is 0 Å². The van der Waals surface area contributed by atoms with Crippen molar-refractivity contribution in [2.75, 3.05) is 44.7 Å². The van der Waals surface area contributed by atoms with Crippen molar-refractivity contribution in [2.45, 2.75) is 12.8 Å². The Balaban J connectivity index is 1.86. The van der Waals surface area contributed by atoms with E-state index in [1.165, 1.54) is 7.11 Å².